The fourth-order valence-corrected chi connectivity index (χ4v) is 3.90. The van der Waals surface area contributed by atoms with Crippen molar-refractivity contribution in [3.8, 4) is 0 Å². The summed E-state index contributed by atoms with van der Waals surface area (Å²) in [5.74, 6) is 0.779. The molecule has 21 heavy (non-hydrogen) atoms. The minimum atomic E-state index is -0.0391. The van der Waals surface area contributed by atoms with Crippen LogP contribution in [0.25, 0.3) is 0 Å². The second-order valence-corrected chi connectivity index (χ2v) is 8.00. The smallest absolute Gasteiger partial charge is 0.186 e. The highest BCUT2D eigenvalue weighted by Gasteiger charge is 2.34. The molecule has 0 spiro atoms. The summed E-state index contributed by atoms with van der Waals surface area (Å²) in [6.45, 7) is 10.4. The summed E-state index contributed by atoms with van der Waals surface area (Å²) < 4.78 is 5.26. The molecule has 1 aromatic heterocycles. The Morgan fingerprint density at radius 1 is 1.43 bits per heavy atom. The molecule has 0 aromatic carbocycles. The number of aliphatic hydroxyl groups excluding tert-OH is 1. The van der Waals surface area contributed by atoms with E-state index in [1.54, 1.807) is 18.4 Å². The van der Waals surface area contributed by atoms with Gasteiger partial charge in [-0.2, -0.15) is 0 Å². The standard InChI is InChI=1S/C16H28N2O2S/c1-11(12-6-7-12)18(8-9-20-5)15-17-14(16(2,3)4)13(10-19)21-15/h11-12,19H,6-10H2,1-5H3. The van der Waals surface area contributed by atoms with E-state index >= 15 is 0 Å². The fraction of sp³-hybridized carbons (Fsp3) is 0.812. The first-order valence-corrected chi connectivity index (χ1v) is 8.56. The van der Waals surface area contributed by atoms with Crippen LogP contribution in [-0.2, 0) is 16.8 Å². The van der Waals surface area contributed by atoms with Crippen molar-refractivity contribution in [3.63, 3.8) is 0 Å². The van der Waals surface area contributed by atoms with Crippen LogP contribution in [0.1, 0.15) is 51.1 Å². The van der Waals surface area contributed by atoms with Crippen molar-refractivity contribution in [2.24, 2.45) is 5.92 Å². The van der Waals surface area contributed by atoms with Gasteiger partial charge in [-0.25, -0.2) is 4.98 Å². The number of thiazole rings is 1. The number of rotatable bonds is 7. The molecule has 0 saturated heterocycles. The third-order valence-corrected chi connectivity index (χ3v) is 5.20. The Morgan fingerprint density at radius 3 is 2.52 bits per heavy atom. The fourth-order valence-electron chi connectivity index (χ4n) is 2.65. The number of ether oxygens (including phenoxy) is 1. The van der Waals surface area contributed by atoms with Crippen LogP contribution in [0.15, 0.2) is 0 Å². The molecule has 0 amide bonds. The van der Waals surface area contributed by atoms with E-state index in [0.29, 0.717) is 12.6 Å². The minimum Gasteiger partial charge on any atom is -0.391 e. The minimum absolute atomic E-state index is 0.0391. The highest BCUT2D eigenvalue weighted by molar-refractivity contribution is 7.15. The van der Waals surface area contributed by atoms with E-state index in [-0.39, 0.29) is 12.0 Å². The van der Waals surface area contributed by atoms with E-state index < -0.39 is 0 Å². The van der Waals surface area contributed by atoms with E-state index in [0.717, 1.165) is 28.2 Å². The zero-order valence-corrected chi connectivity index (χ0v) is 14.7. The summed E-state index contributed by atoms with van der Waals surface area (Å²) in [6.07, 6.45) is 2.63. The molecule has 1 atom stereocenters. The van der Waals surface area contributed by atoms with Crippen LogP contribution in [0, 0.1) is 5.92 Å². The summed E-state index contributed by atoms with van der Waals surface area (Å²) in [7, 11) is 1.74. The monoisotopic (exact) mass is 312 g/mol. The second kappa shape index (κ2) is 6.63. The largest absolute Gasteiger partial charge is 0.391 e. The number of hydrogen-bond acceptors (Lipinski definition) is 5. The van der Waals surface area contributed by atoms with Crippen LogP contribution in [0.4, 0.5) is 5.13 Å². The summed E-state index contributed by atoms with van der Waals surface area (Å²) in [4.78, 5) is 8.22. The number of methoxy groups -OCH3 is 1. The van der Waals surface area contributed by atoms with Gasteiger partial charge in [0.2, 0.25) is 0 Å². The molecule has 0 bridgehead atoms. The van der Waals surface area contributed by atoms with Gasteiger partial charge < -0.3 is 14.7 Å². The quantitative estimate of drug-likeness (QED) is 0.840. The Hall–Kier alpha value is -0.650. The molecular weight excluding hydrogens is 284 g/mol. The van der Waals surface area contributed by atoms with Crippen molar-refractivity contribution >= 4 is 16.5 Å². The molecule has 0 aliphatic heterocycles. The van der Waals surface area contributed by atoms with Gasteiger partial charge in [0, 0.05) is 25.1 Å². The van der Waals surface area contributed by atoms with Crippen molar-refractivity contribution in [2.75, 3.05) is 25.2 Å². The molecule has 0 radical (unpaired) electrons. The second-order valence-electron chi connectivity index (χ2n) is 6.94. The highest BCUT2D eigenvalue weighted by Crippen LogP contribution is 2.40. The van der Waals surface area contributed by atoms with Gasteiger partial charge in [-0.15, -0.1) is 0 Å². The molecule has 1 heterocycles. The van der Waals surface area contributed by atoms with Crippen LogP contribution in [-0.4, -0.2) is 36.4 Å². The van der Waals surface area contributed by atoms with E-state index in [1.165, 1.54) is 12.8 Å². The van der Waals surface area contributed by atoms with Gasteiger partial charge in [-0.05, 0) is 25.7 Å². The first kappa shape index (κ1) is 16.7. The zero-order valence-electron chi connectivity index (χ0n) is 13.8. The molecule has 4 nitrogen and oxygen atoms in total. The van der Waals surface area contributed by atoms with Gasteiger partial charge >= 0.3 is 0 Å². The van der Waals surface area contributed by atoms with E-state index in [2.05, 4.69) is 32.6 Å². The van der Waals surface area contributed by atoms with Crippen molar-refractivity contribution < 1.29 is 9.84 Å². The van der Waals surface area contributed by atoms with Crippen molar-refractivity contribution in [2.45, 2.75) is 58.6 Å². The topological polar surface area (TPSA) is 45.6 Å². The molecule has 1 unspecified atom stereocenters. The SMILES string of the molecule is COCCN(c1nc(C(C)(C)C)c(CO)s1)C(C)C1CC1. The predicted octanol–water partition coefficient (Wildman–Crippen LogP) is 3.18. The number of aromatic nitrogens is 1. The van der Waals surface area contributed by atoms with Crippen molar-refractivity contribution in [1.29, 1.82) is 0 Å². The van der Waals surface area contributed by atoms with E-state index in [4.69, 9.17) is 9.72 Å². The maximum absolute atomic E-state index is 9.64. The van der Waals surface area contributed by atoms with Crippen LogP contribution >= 0.6 is 11.3 Å². The Labute approximate surface area is 132 Å². The predicted molar refractivity (Wildman–Crippen MR) is 88.1 cm³/mol. The zero-order chi connectivity index (χ0) is 15.6. The Bertz CT molecular complexity index is 463. The Kier molecular flexibility index (Phi) is 5.28. The lowest BCUT2D eigenvalue weighted by atomic mass is 9.91. The van der Waals surface area contributed by atoms with Crippen molar-refractivity contribution in [1.82, 2.24) is 4.98 Å². The van der Waals surface area contributed by atoms with Crippen LogP contribution in [0.5, 0.6) is 0 Å². The maximum atomic E-state index is 9.64. The lowest BCUT2D eigenvalue weighted by molar-refractivity contribution is 0.202. The van der Waals surface area contributed by atoms with Gasteiger partial charge in [0.15, 0.2) is 5.13 Å². The van der Waals surface area contributed by atoms with Gasteiger partial charge in [-0.3, -0.25) is 0 Å². The van der Waals surface area contributed by atoms with Crippen LogP contribution in [0.3, 0.4) is 0 Å². The van der Waals surface area contributed by atoms with E-state index in [9.17, 15) is 5.11 Å². The third kappa shape index (κ3) is 3.96. The molecule has 1 aromatic rings. The molecule has 1 fully saturated rings. The summed E-state index contributed by atoms with van der Waals surface area (Å²) in [5.41, 5.74) is 0.984. The molecule has 1 N–H and O–H groups in total. The molecular formula is C16H28N2O2S. The first-order valence-electron chi connectivity index (χ1n) is 7.75. The van der Waals surface area contributed by atoms with Crippen LogP contribution < -0.4 is 4.90 Å². The van der Waals surface area contributed by atoms with E-state index in [1.807, 2.05) is 0 Å². The Balaban J connectivity index is 2.28. The normalized spacial score (nSPS) is 17.0. The van der Waals surface area contributed by atoms with Crippen molar-refractivity contribution in [3.05, 3.63) is 10.6 Å². The molecule has 5 heteroatoms. The lowest BCUT2D eigenvalue weighted by Gasteiger charge is -2.29. The average molecular weight is 312 g/mol. The molecule has 1 aliphatic rings. The van der Waals surface area contributed by atoms with Gasteiger partial charge in [0.25, 0.3) is 0 Å². The molecule has 2 rings (SSSR count). The first-order chi connectivity index (χ1) is 9.88. The van der Waals surface area contributed by atoms with Gasteiger partial charge in [-0.1, -0.05) is 32.1 Å². The summed E-state index contributed by atoms with van der Waals surface area (Å²) >= 11 is 1.63. The third-order valence-electron chi connectivity index (χ3n) is 4.12. The number of aliphatic hydroxyl groups is 1. The van der Waals surface area contributed by atoms with Crippen LogP contribution in [0.2, 0.25) is 0 Å². The van der Waals surface area contributed by atoms with Gasteiger partial charge in [0.1, 0.15) is 0 Å². The molecule has 120 valence electrons. The average Bonchev–Trinajstić information content (AvgIpc) is 3.17. The lowest BCUT2D eigenvalue weighted by Crippen LogP contribution is -2.37. The van der Waals surface area contributed by atoms with Gasteiger partial charge in [0.05, 0.1) is 23.8 Å². The summed E-state index contributed by atoms with van der Waals surface area (Å²) in [6, 6.07) is 0.491. The maximum Gasteiger partial charge on any atom is 0.186 e. The number of nitrogens with zero attached hydrogens (tertiary/aromatic N) is 2. The molecule has 1 saturated carbocycles. The number of hydrogen-bond donors (Lipinski definition) is 1. The molecule has 1 aliphatic carbocycles. The Morgan fingerprint density at radius 2 is 2.10 bits per heavy atom. The summed E-state index contributed by atoms with van der Waals surface area (Å²) in [5, 5.41) is 10.7. The highest BCUT2D eigenvalue weighted by atomic mass is 32.1. The number of anilines is 1.